The lowest BCUT2D eigenvalue weighted by atomic mass is 9.71. The number of aliphatic hydroxyl groups is 1. The fourth-order valence-electron chi connectivity index (χ4n) is 5.13. The number of ether oxygens (including phenoxy) is 5. The molecule has 9 nitrogen and oxygen atoms in total. The highest BCUT2D eigenvalue weighted by atomic mass is 79.9. The second-order valence-corrected chi connectivity index (χ2v) is 10.8. The summed E-state index contributed by atoms with van der Waals surface area (Å²) in [7, 11) is 11.7. The molecule has 1 N–H and O–H groups in total. The van der Waals surface area contributed by atoms with Gasteiger partial charge in [0.2, 0.25) is 17.6 Å². The van der Waals surface area contributed by atoms with Crippen LogP contribution in [0.25, 0.3) is 10.9 Å². The Morgan fingerprint density at radius 1 is 0.829 bits per heavy atom. The first-order valence-electron chi connectivity index (χ1n) is 13.0. The minimum absolute atomic E-state index is 0.312. The highest BCUT2D eigenvalue weighted by Gasteiger charge is 2.45. The van der Waals surface area contributed by atoms with Gasteiger partial charge in [-0.3, -0.25) is 0 Å². The summed E-state index contributed by atoms with van der Waals surface area (Å²) in [5, 5.41) is 14.0. The number of hydrogen-bond acceptors (Lipinski definition) is 9. The minimum atomic E-state index is -1.55. The van der Waals surface area contributed by atoms with Gasteiger partial charge in [-0.2, -0.15) is 4.98 Å². The van der Waals surface area contributed by atoms with Gasteiger partial charge in [0, 0.05) is 39.7 Å². The molecule has 2 aromatic heterocycles. The molecule has 0 spiro atoms. The van der Waals surface area contributed by atoms with E-state index in [0.29, 0.717) is 58.8 Å². The first-order valence-corrected chi connectivity index (χ1v) is 13.8. The van der Waals surface area contributed by atoms with Crippen molar-refractivity contribution in [3.63, 3.8) is 0 Å². The Bertz CT molecular complexity index is 1490. The molecule has 10 heteroatoms. The number of para-hydroxylation sites is 1. The van der Waals surface area contributed by atoms with E-state index < -0.39 is 11.5 Å². The van der Waals surface area contributed by atoms with Gasteiger partial charge in [0.05, 0.1) is 47.0 Å². The number of hydrogen-bond donors (Lipinski definition) is 1. The molecular formula is C31H36BrN3O6. The fraction of sp³-hybridized carbons (Fsp3) is 0.355. The van der Waals surface area contributed by atoms with Gasteiger partial charge in [0.25, 0.3) is 0 Å². The smallest absolute Gasteiger partial charge is 0.217 e. The second-order valence-electron chi connectivity index (χ2n) is 9.86. The average Bonchev–Trinajstić information content (AvgIpc) is 2.99. The molecule has 0 aliphatic carbocycles. The number of pyridine rings is 2. The summed E-state index contributed by atoms with van der Waals surface area (Å²) >= 11 is 3.58. The lowest BCUT2D eigenvalue weighted by molar-refractivity contribution is 0.00267. The van der Waals surface area contributed by atoms with Crippen molar-refractivity contribution >= 4 is 26.8 Å². The molecule has 0 aliphatic rings. The van der Waals surface area contributed by atoms with Crippen LogP contribution in [0.5, 0.6) is 29.1 Å². The summed E-state index contributed by atoms with van der Waals surface area (Å²) in [5.74, 6) is 1.29. The highest BCUT2D eigenvalue weighted by molar-refractivity contribution is 9.10. The number of methoxy groups -OCH3 is 5. The van der Waals surface area contributed by atoms with Gasteiger partial charge < -0.3 is 33.7 Å². The quantitative estimate of drug-likeness (QED) is 0.222. The lowest BCUT2D eigenvalue weighted by Gasteiger charge is -2.39. The molecule has 0 amide bonds. The van der Waals surface area contributed by atoms with Gasteiger partial charge in [-0.05, 0) is 56.4 Å². The number of nitrogens with zero attached hydrogens (tertiary/aromatic N) is 3. The summed E-state index contributed by atoms with van der Waals surface area (Å²) < 4.78 is 29.4. The Labute approximate surface area is 249 Å². The van der Waals surface area contributed by atoms with E-state index >= 15 is 0 Å². The zero-order valence-corrected chi connectivity index (χ0v) is 26.0. The van der Waals surface area contributed by atoms with Gasteiger partial charge in [-0.15, -0.1) is 0 Å². The molecule has 0 fully saturated rings. The minimum Gasteiger partial charge on any atom is -0.493 e. The third-order valence-electron chi connectivity index (χ3n) is 7.13. The van der Waals surface area contributed by atoms with Crippen molar-refractivity contribution in [2.24, 2.45) is 0 Å². The van der Waals surface area contributed by atoms with Gasteiger partial charge >= 0.3 is 0 Å². The maximum absolute atomic E-state index is 13.1. The van der Waals surface area contributed by atoms with Crippen LogP contribution >= 0.6 is 15.9 Å². The van der Waals surface area contributed by atoms with Crippen LogP contribution in [-0.4, -0.2) is 76.2 Å². The van der Waals surface area contributed by atoms with Gasteiger partial charge in [-0.25, -0.2) is 4.98 Å². The van der Waals surface area contributed by atoms with Crippen LogP contribution in [0.1, 0.15) is 29.0 Å². The summed E-state index contributed by atoms with van der Waals surface area (Å²) in [4.78, 5) is 11.2. The Morgan fingerprint density at radius 3 is 2.12 bits per heavy atom. The number of rotatable bonds is 12. The molecule has 4 aromatic rings. The largest absolute Gasteiger partial charge is 0.493 e. The molecule has 0 bridgehead atoms. The number of fused-ring (bicyclic) bond motifs is 1. The Morgan fingerprint density at radius 2 is 1.54 bits per heavy atom. The van der Waals surface area contributed by atoms with E-state index in [4.69, 9.17) is 28.7 Å². The van der Waals surface area contributed by atoms with Crippen LogP contribution in [0.2, 0.25) is 0 Å². The molecule has 0 aliphatic heterocycles. The van der Waals surface area contributed by atoms with E-state index in [2.05, 4.69) is 20.9 Å². The van der Waals surface area contributed by atoms with E-state index in [0.717, 1.165) is 15.4 Å². The normalized spacial score (nSPS) is 13.5. The molecule has 41 heavy (non-hydrogen) atoms. The molecule has 0 radical (unpaired) electrons. The Balaban J connectivity index is 2.15. The third-order valence-corrected chi connectivity index (χ3v) is 7.63. The maximum Gasteiger partial charge on any atom is 0.217 e. The molecule has 4 rings (SSSR count). The van der Waals surface area contributed by atoms with Crippen LogP contribution < -0.4 is 23.7 Å². The van der Waals surface area contributed by atoms with E-state index in [1.54, 1.807) is 33.5 Å². The van der Waals surface area contributed by atoms with Crippen molar-refractivity contribution < 1.29 is 28.8 Å². The molecule has 218 valence electrons. The van der Waals surface area contributed by atoms with E-state index in [-0.39, 0.29) is 0 Å². The molecule has 2 atom stereocenters. The Hall–Kier alpha value is -3.60. The van der Waals surface area contributed by atoms with Crippen molar-refractivity contribution in [1.29, 1.82) is 0 Å². The summed E-state index contributed by atoms with van der Waals surface area (Å²) in [6.07, 6.45) is 0.320. The average molecular weight is 627 g/mol. The zero-order valence-electron chi connectivity index (χ0n) is 24.4. The van der Waals surface area contributed by atoms with Gasteiger partial charge in [0.1, 0.15) is 5.60 Å². The lowest BCUT2D eigenvalue weighted by Crippen LogP contribution is -2.38. The molecule has 0 unspecified atom stereocenters. The van der Waals surface area contributed by atoms with Crippen molar-refractivity contribution in [2.45, 2.75) is 17.9 Å². The molecule has 0 saturated heterocycles. The SMILES string of the molecule is COc1cc([C@](O)(CCN(C)C)[C@@H](c2cc3cc(Br)ccc3nc2OC)c2cccc(OC)c2OC)cc(OC)n1. The third kappa shape index (κ3) is 6.19. The summed E-state index contributed by atoms with van der Waals surface area (Å²) in [5.41, 5.74) is 1.11. The van der Waals surface area contributed by atoms with Crippen molar-refractivity contribution in [3.8, 4) is 29.1 Å². The molecular weight excluding hydrogens is 590 g/mol. The fourth-order valence-corrected chi connectivity index (χ4v) is 5.51. The van der Waals surface area contributed by atoms with Gasteiger partial charge in [0.15, 0.2) is 11.5 Å². The van der Waals surface area contributed by atoms with Crippen molar-refractivity contribution in [1.82, 2.24) is 14.9 Å². The first kappa shape index (κ1) is 30.4. The molecule has 0 saturated carbocycles. The van der Waals surface area contributed by atoms with E-state index in [1.165, 1.54) is 14.2 Å². The summed E-state index contributed by atoms with van der Waals surface area (Å²) in [6.45, 7) is 0.557. The predicted octanol–water partition coefficient (Wildman–Crippen LogP) is 5.41. The van der Waals surface area contributed by atoms with E-state index in [1.807, 2.05) is 61.5 Å². The van der Waals surface area contributed by atoms with Crippen LogP contribution in [0.3, 0.4) is 0 Å². The van der Waals surface area contributed by atoms with E-state index in [9.17, 15) is 5.11 Å². The summed E-state index contributed by atoms with van der Waals surface area (Å²) in [6, 6.07) is 16.9. The zero-order chi connectivity index (χ0) is 29.7. The maximum atomic E-state index is 13.1. The van der Waals surface area contributed by atoms with Crippen LogP contribution in [0.4, 0.5) is 0 Å². The topological polar surface area (TPSA) is 95.4 Å². The number of halogens is 1. The van der Waals surface area contributed by atoms with Crippen LogP contribution in [-0.2, 0) is 5.60 Å². The standard InChI is InChI=1S/C31H36BrN3O6/c1-35(2)14-13-31(36,20-17-26(38-4)34-27(18-20)39-5)28(22-9-8-10-25(37-3)29(22)40-6)23-16-19-15-21(32)11-12-24(19)33-30(23)41-7/h8-12,15-18,28,36H,13-14H2,1-7H3/t28-,31-/m1/s1. The van der Waals surface area contributed by atoms with Gasteiger partial charge in [-0.1, -0.05) is 28.1 Å². The predicted molar refractivity (Wildman–Crippen MR) is 162 cm³/mol. The first-order chi connectivity index (χ1) is 19.7. The Kier molecular flexibility index (Phi) is 9.57. The van der Waals surface area contributed by atoms with Crippen molar-refractivity contribution in [2.75, 3.05) is 56.2 Å². The van der Waals surface area contributed by atoms with Crippen LogP contribution in [0.15, 0.2) is 59.1 Å². The van der Waals surface area contributed by atoms with Crippen molar-refractivity contribution in [3.05, 3.63) is 75.8 Å². The highest BCUT2D eigenvalue weighted by Crippen LogP contribution is 2.52. The monoisotopic (exact) mass is 625 g/mol. The molecule has 2 aromatic carbocycles. The number of aromatic nitrogens is 2. The van der Waals surface area contributed by atoms with Crippen LogP contribution in [0, 0.1) is 0 Å². The number of benzene rings is 2. The molecule has 2 heterocycles. The second kappa shape index (κ2) is 12.9.